The molecular weight excluding hydrogens is 276 g/mol. The van der Waals surface area contributed by atoms with E-state index in [1.165, 1.54) is 4.72 Å². The Morgan fingerprint density at radius 2 is 1.72 bits per heavy atom. The van der Waals surface area contributed by atoms with E-state index in [4.69, 9.17) is 0 Å². The molecule has 18 heavy (non-hydrogen) atoms. The van der Waals surface area contributed by atoms with Gasteiger partial charge < -0.3 is 0 Å². The van der Waals surface area contributed by atoms with Crippen LogP contribution >= 0.6 is 7.26 Å². The van der Waals surface area contributed by atoms with Crippen molar-refractivity contribution in [2.75, 3.05) is 12.3 Å². The van der Waals surface area contributed by atoms with Crippen molar-refractivity contribution in [3.8, 4) is 0 Å². The van der Waals surface area contributed by atoms with Crippen LogP contribution in [0, 0.1) is 0 Å². The highest BCUT2D eigenvalue weighted by Crippen LogP contribution is 2.57. The predicted octanol–water partition coefficient (Wildman–Crippen LogP) is 2.29. The third-order valence-electron chi connectivity index (χ3n) is 2.93. The molecule has 0 bridgehead atoms. The monoisotopic (exact) mass is 292 g/mol. The van der Waals surface area contributed by atoms with Gasteiger partial charge in [-0.05, 0) is 26.0 Å². The zero-order valence-electron chi connectivity index (χ0n) is 10.3. The van der Waals surface area contributed by atoms with Gasteiger partial charge in [-0.2, -0.15) is 13.1 Å². The number of hydrogen-bond acceptors (Lipinski definition) is 3. The summed E-state index contributed by atoms with van der Waals surface area (Å²) >= 11 is 0. The summed E-state index contributed by atoms with van der Waals surface area (Å²) in [6.07, 6.45) is 0.990. The van der Waals surface area contributed by atoms with Crippen LogP contribution in [0.5, 0.6) is 0 Å². The van der Waals surface area contributed by atoms with Gasteiger partial charge in [-0.25, -0.2) is 4.79 Å². The van der Waals surface area contributed by atoms with Gasteiger partial charge in [0.25, 0.3) is 0 Å². The van der Waals surface area contributed by atoms with Crippen LogP contribution in [0.25, 0.3) is 0 Å². The topological polar surface area (TPSA) is 63.2 Å². The summed E-state index contributed by atoms with van der Waals surface area (Å²) in [6, 6.07) is 8.95. The van der Waals surface area contributed by atoms with E-state index >= 15 is 0 Å². The molecule has 0 spiro atoms. The van der Waals surface area contributed by atoms with Crippen LogP contribution in [0.15, 0.2) is 30.3 Å². The molecule has 0 heterocycles. The highest BCUT2D eigenvalue weighted by atomic mass is 32.3. The summed E-state index contributed by atoms with van der Waals surface area (Å²) in [6.45, 7) is 3.63. The molecule has 4 nitrogen and oxygen atoms in total. The minimum Gasteiger partial charge on any atom is -0.226 e. The SMILES string of the molecule is CC[P+](CC)(C(=O)NS(=O)(=O)F)c1ccccc1. The van der Waals surface area contributed by atoms with Crippen molar-refractivity contribution in [3.63, 3.8) is 0 Å². The Kier molecular flexibility index (Phi) is 4.82. The van der Waals surface area contributed by atoms with Gasteiger partial charge in [-0.15, -0.1) is 0 Å². The fourth-order valence-electron chi connectivity index (χ4n) is 1.90. The second-order valence-corrected chi connectivity index (χ2v) is 8.98. The molecule has 0 aromatic heterocycles. The number of halogens is 1. The van der Waals surface area contributed by atoms with Gasteiger partial charge in [0.15, 0.2) is 0 Å². The smallest absolute Gasteiger partial charge is 0.226 e. The standard InChI is InChI=1S/C11H15FNO3PS/c1-3-17(4-2,10-8-6-5-7-9-10)11(14)13-18(12,15)16/h5-9H,3-4H2,1-2H3/p+1. The Morgan fingerprint density at radius 3 is 2.11 bits per heavy atom. The largest absolute Gasteiger partial charge is 0.402 e. The molecule has 1 rings (SSSR count). The van der Waals surface area contributed by atoms with Crippen LogP contribution in [0.2, 0.25) is 0 Å². The number of rotatable bonds is 5. The minimum absolute atomic E-state index is 0.495. The lowest BCUT2D eigenvalue weighted by atomic mass is 10.4. The van der Waals surface area contributed by atoms with E-state index in [1.54, 1.807) is 24.3 Å². The maximum atomic E-state index is 12.6. The van der Waals surface area contributed by atoms with Crippen molar-refractivity contribution in [1.29, 1.82) is 0 Å². The summed E-state index contributed by atoms with van der Waals surface area (Å²) in [5, 5.41) is 0.788. The molecular formula is C11H16FNO3PS+. The van der Waals surface area contributed by atoms with Crippen LogP contribution in [0.4, 0.5) is 8.68 Å². The van der Waals surface area contributed by atoms with Crippen LogP contribution < -0.4 is 10.0 Å². The third-order valence-corrected chi connectivity index (χ3v) is 7.84. The number of hydrogen-bond donors (Lipinski definition) is 1. The lowest BCUT2D eigenvalue weighted by molar-refractivity contribution is 0.263. The van der Waals surface area contributed by atoms with Crippen LogP contribution in [0.1, 0.15) is 13.8 Å². The average molecular weight is 292 g/mol. The summed E-state index contributed by atoms with van der Waals surface area (Å²) < 4.78 is 35.2. The molecule has 0 saturated carbocycles. The Morgan fingerprint density at radius 1 is 1.22 bits per heavy atom. The minimum atomic E-state index is -5.01. The molecule has 0 atom stereocenters. The van der Waals surface area contributed by atoms with Crippen molar-refractivity contribution >= 4 is 28.6 Å². The van der Waals surface area contributed by atoms with Crippen LogP contribution in [-0.4, -0.2) is 26.4 Å². The normalized spacial score (nSPS) is 12.2. The van der Waals surface area contributed by atoms with Crippen LogP contribution in [-0.2, 0) is 10.4 Å². The first kappa shape index (κ1) is 15.1. The van der Waals surface area contributed by atoms with E-state index in [9.17, 15) is 17.1 Å². The molecule has 0 radical (unpaired) electrons. The highest BCUT2D eigenvalue weighted by Gasteiger charge is 2.47. The Balaban J connectivity index is 3.20. The van der Waals surface area contributed by atoms with E-state index in [0.29, 0.717) is 12.3 Å². The number of benzene rings is 1. The van der Waals surface area contributed by atoms with Gasteiger partial charge in [0.2, 0.25) is 0 Å². The summed E-state index contributed by atoms with van der Waals surface area (Å²) in [5.41, 5.74) is -0.721. The maximum Gasteiger partial charge on any atom is 0.402 e. The molecule has 7 heteroatoms. The Hall–Kier alpha value is -1.00. The van der Waals surface area contributed by atoms with Gasteiger partial charge in [0, 0.05) is 0 Å². The Labute approximate surface area is 107 Å². The van der Waals surface area contributed by atoms with Gasteiger partial charge in [0.1, 0.15) is 12.6 Å². The molecule has 1 N–H and O–H groups in total. The molecule has 0 aliphatic carbocycles. The first-order valence-corrected chi connectivity index (χ1v) is 9.09. The van der Waals surface area contributed by atoms with E-state index in [1.807, 2.05) is 19.9 Å². The van der Waals surface area contributed by atoms with Gasteiger partial charge in [0.05, 0.1) is 12.3 Å². The van der Waals surface area contributed by atoms with Crippen LogP contribution in [0.3, 0.4) is 0 Å². The number of nitrogens with one attached hydrogen (secondary N) is 1. The lowest BCUT2D eigenvalue weighted by Crippen LogP contribution is -2.34. The molecule has 0 unspecified atom stereocenters. The van der Waals surface area contributed by atoms with E-state index in [0.717, 1.165) is 5.30 Å². The molecule has 100 valence electrons. The zero-order valence-corrected chi connectivity index (χ0v) is 12.0. The number of carbonyl (C=O) groups excluding carboxylic acids is 1. The maximum absolute atomic E-state index is 12.6. The first-order valence-electron chi connectivity index (χ1n) is 5.55. The van der Waals surface area contributed by atoms with E-state index < -0.39 is 23.3 Å². The highest BCUT2D eigenvalue weighted by molar-refractivity contribution is 7.99. The molecule has 0 aliphatic rings. The van der Waals surface area contributed by atoms with Crippen molar-refractivity contribution in [1.82, 2.24) is 4.72 Å². The Bertz CT molecular complexity index is 514. The molecule has 1 aromatic carbocycles. The first-order chi connectivity index (χ1) is 8.35. The summed E-state index contributed by atoms with van der Waals surface area (Å²) in [4.78, 5) is 12.1. The quantitative estimate of drug-likeness (QED) is 0.669. The van der Waals surface area contributed by atoms with Crippen molar-refractivity contribution in [2.24, 2.45) is 0 Å². The average Bonchev–Trinajstić information content (AvgIpc) is 2.30. The van der Waals surface area contributed by atoms with Gasteiger partial charge >= 0.3 is 16.1 Å². The van der Waals surface area contributed by atoms with Crippen molar-refractivity contribution in [3.05, 3.63) is 30.3 Å². The summed E-state index contributed by atoms with van der Waals surface area (Å²) in [7, 11) is -7.37. The molecule has 1 aromatic rings. The predicted molar refractivity (Wildman–Crippen MR) is 72.6 cm³/mol. The molecule has 0 fully saturated rings. The van der Waals surface area contributed by atoms with E-state index in [-0.39, 0.29) is 0 Å². The third kappa shape index (κ3) is 3.27. The number of amides is 1. The lowest BCUT2D eigenvalue weighted by Gasteiger charge is -2.21. The van der Waals surface area contributed by atoms with E-state index in [2.05, 4.69) is 0 Å². The molecule has 0 saturated heterocycles. The zero-order chi connectivity index (χ0) is 13.8. The number of carbonyl (C=O) groups is 1. The fourth-order valence-corrected chi connectivity index (χ4v) is 5.86. The second kappa shape index (κ2) is 5.76. The molecule has 1 amide bonds. The van der Waals surface area contributed by atoms with Crippen molar-refractivity contribution < 1.29 is 17.1 Å². The van der Waals surface area contributed by atoms with Gasteiger partial charge in [-0.3, -0.25) is 0 Å². The summed E-state index contributed by atoms with van der Waals surface area (Å²) in [5.74, 6) is 0. The molecule has 0 aliphatic heterocycles. The van der Waals surface area contributed by atoms with Crippen molar-refractivity contribution in [2.45, 2.75) is 13.8 Å². The fraction of sp³-hybridized carbons (Fsp3) is 0.364. The van der Waals surface area contributed by atoms with Gasteiger partial charge in [-0.1, -0.05) is 22.1 Å². The second-order valence-electron chi connectivity index (χ2n) is 3.78.